The van der Waals surface area contributed by atoms with Crippen molar-refractivity contribution < 1.29 is 9.90 Å². The monoisotopic (exact) mass is 240 g/mol. The highest BCUT2D eigenvalue weighted by Gasteiger charge is 2.20. The van der Waals surface area contributed by atoms with Crippen molar-refractivity contribution in [1.29, 1.82) is 0 Å². The molecule has 1 N–H and O–H groups in total. The minimum Gasteiger partial charge on any atom is -0.508 e. The van der Waals surface area contributed by atoms with Crippen molar-refractivity contribution in [2.75, 3.05) is 0 Å². The van der Waals surface area contributed by atoms with E-state index in [9.17, 15) is 9.90 Å². The van der Waals surface area contributed by atoms with Gasteiger partial charge in [0.25, 0.3) is 0 Å². The summed E-state index contributed by atoms with van der Waals surface area (Å²) in [6.45, 7) is 3.61. The van der Waals surface area contributed by atoms with Crippen molar-refractivity contribution in [3.8, 4) is 5.75 Å². The van der Waals surface area contributed by atoms with Crippen molar-refractivity contribution in [3.63, 3.8) is 0 Å². The molecule has 0 heterocycles. The Hall–Kier alpha value is -2.09. The molecular weight excluding hydrogens is 224 g/mol. The highest BCUT2D eigenvalue weighted by molar-refractivity contribution is 5.87. The molecule has 2 nitrogen and oxygen atoms in total. The number of carbonyl (C=O) groups is 1. The van der Waals surface area contributed by atoms with Crippen molar-refractivity contribution in [2.45, 2.75) is 19.8 Å². The van der Waals surface area contributed by atoms with E-state index in [2.05, 4.69) is 0 Å². The summed E-state index contributed by atoms with van der Waals surface area (Å²) in [5.74, 6) is 0.0626. The molecule has 0 amide bonds. The van der Waals surface area contributed by atoms with Crippen molar-refractivity contribution in [2.24, 2.45) is 0 Å². The molecule has 0 aliphatic carbocycles. The lowest BCUT2D eigenvalue weighted by molar-refractivity contribution is -0.117. The number of hydrogen-bond donors (Lipinski definition) is 1. The lowest BCUT2D eigenvalue weighted by Crippen LogP contribution is -2.11. The second kappa shape index (κ2) is 5.05. The van der Waals surface area contributed by atoms with Gasteiger partial charge in [-0.05, 0) is 42.7 Å². The number of carbonyl (C=O) groups excluding carboxylic acids is 1. The summed E-state index contributed by atoms with van der Waals surface area (Å²) in [7, 11) is 0. The van der Waals surface area contributed by atoms with Crippen molar-refractivity contribution in [1.82, 2.24) is 0 Å². The first-order chi connectivity index (χ1) is 8.59. The normalized spacial score (nSPS) is 12.1. The highest BCUT2D eigenvalue weighted by atomic mass is 16.3. The number of rotatable bonds is 3. The number of phenols is 1. The molecule has 1 unspecified atom stereocenters. The number of phenolic OH excluding ortho intramolecular Hbond substituents is 1. The minimum absolute atomic E-state index is 0.106. The number of aromatic hydroxyl groups is 1. The summed E-state index contributed by atoms with van der Waals surface area (Å²) in [4.78, 5) is 11.9. The fourth-order valence-electron chi connectivity index (χ4n) is 2.21. The molecule has 0 fully saturated rings. The molecule has 0 aliphatic heterocycles. The van der Waals surface area contributed by atoms with Crippen LogP contribution >= 0.6 is 0 Å². The molecule has 0 saturated heterocycles. The number of hydrogen-bond acceptors (Lipinski definition) is 2. The highest BCUT2D eigenvalue weighted by Crippen LogP contribution is 2.29. The van der Waals surface area contributed by atoms with E-state index >= 15 is 0 Å². The quantitative estimate of drug-likeness (QED) is 0.892. The predicted molar refractivity (Wildman–Crippen MR) is 71.8 cm³/mol. The molecular formula is C16H16O2. The van der Waals surface area contributed by atoms with E-state index in [4.69, 9.17) is 0 Å². The molecule has 0 aromatic heterocycles. The molecule has 2 aromatic carbocycles. The third-order valence-electron chi connectivity index (χ3n) is 3.13. The van der Waals surface area contributed by atoms with E-state index in [1.54, 1.807) is 31.2 Å². The van der Waals surface area contributed by atoms with E-state index in [-0.39, 0.29) is 17.5 Å². The van der Waals surface area contributed by atoms with Crippen LogP contribution in [0.25, 0.3) is 0 Å². The maximum Gasteiger partial charge on any atom is 0.141 e. The van der Waals surface area contributed by atoms with Gasteiger partial charge in [-0.15, -0.1) is 0 Å². The van der Waals surface area contributed by atoms with Gasteiger partial charge < -0.3 is 5.11 Å². The maximum absolute atomic E-state index is 11.9. The molecule has 0 saturated carbocycles. The van der Waals surface area contributed by atoms with Crippen LogP contribution in [0.2, 0.25) is 0 Å². The maximum atomic E-state index is 11.9. The zero-order valence-corrected chi connectivity index (χ0v) is 10.6. The summed E-state index contributed by atoms with van der Waals surface area (Å²) in [5, 5.41) is 9.32. The van der Waals surface area contributed by atoms with Gasteiger partial charge >= 0.3 is 0 Å². The van der Waals surface area contributed by atoms with Gasteiger partial charge in [-0.1, -0.05) is 36.4 Å². The number of benzene rings is 2. The van der Waals surface area contributed by atoms with Crippen LogP contribution in [0.5, 0.6) is 5.75 Å². The Morgan fingerprint density at radius 3 is 2.22 bits per heavy atom. The predicted octanol–water partition coefficient (Wildman–Crippen LogP) is 3.42. The molecule has 18 heavy (non-hydrogen) atoms. The largest absolute Gasteiger partial charge is 0.508 e. The lowest BCUT2D eigenvalue weighted by Gasteiger charge is -2.17. The Bertz CT molecular complexity index is 556. The molecule has 92 valence electrons. The number of Topliss-reactive ketones (excluding diaryl/α,β-unsaturated/α-hetero) is 1. The van der Waals surface area contributed by atoms with Gasteiger partial charge in [0.2, 0.25) is 0 Å². The molecule has 0 aliphatic rings. The van der Waals surface area contributed by atoms with Gasteiger partial charge in [-0.25, -0.2) is 0 Å². The van der Waals surface area contributed by atoms with Crippen LogP contribution in [0.3, 0.4) is 0 Å². The van der Waals surface area contributed by atoms with Crippen LogP contribution < -0.4 is 0 Å². The first kappa shape index (κ1) is 12.4. The Balaban J connectivity index is 2.50. The van der Waals surface area contributed by atoms with E-state index in [0.29, 0.717) is 0 Å². The van der Waals surface area contributed by atoms with E-state index in [1.807, 2.05) is 31.2 Å². The van der Waals surface area contributed by atoms with Crippen LogP contribution in [0.1, 0.15) is 29.5 Å². The summed E-state index contributed by atoms with van der Waals surface area (Å²) >= 11 is 0. The van der Waals surface area contributed by atoms with E-state index in [1.165, 1.54) is 0 Å². The Kier molecular flexibility index (Phi) is 3.47. The molecule has 2 heteroatoms. The topological polar surface area (TPSA) is 37.3 Å². The third-order valence-corrected chi connectivity index (χ3v) is 3.13. The number of ketones is 1. The zero-order valence-electron chi connectivity index (χ0n) is 10.6. The first-order valence-corrected chi connectivity index (χ1v) is 5.94. The second-order valence-corrected chi connectivity index (χ2v) is 4.49. The fourth-order valence-corrected chi connectivity index (χ4v) is 2.21. The summed E-state index contributed by atoms with van der Waals surface area (Å²) in [6.07, 6.45) is 0. The van der Waals surface area contributed by atoms with Crippen LogP contribution in [-0.4, -0.2) is 10.9 Å². The van der Waals surface area contributed by atoms with E-state index < -0.39 is 0 Å². The van der Waals surface area contributed by atoms with Crippen LogP contribution in [0.15, 0.2) is 48.5 Å². The van der Waals surface area contributed by atoms with Gasteiger partial charge in [0.1, 0.15) is 11.5 Å². The smallest absolute Gasteiger partial charge is 0.141 e. The molecule has 2 rings (SSSR count). The SMILES string of the molecule is CC(=O)C(c1ccc(O)cc1)c1ccccc1C. The lowest BCUT2D eigenvalue weighted by atomic mass is 9.86. The van der Waals surface area contributed by atoms with Crippen LogP contribution in [0.4, 0.5) is 0 Å². The van der Waals surface area contributed by atoms with E-state index in [0.717, 1.165) is 16.7 Å². The van der Waals surface area contributed by atoms with Gasteiger partial charge in [0, 0.05) is 0 Å². The third kappa shape index (κ3) is 2.43. The Labute approximate surface area is 107 Å². The number of aryl methyl sites for hydroxylation is 1. The summed E-state index contributed by atoms with van der Waals surface area (Å²) in [6, 6.07) is 14.7. The molecule has 0 bridgehead atoms. The second-order valence-electron chi connectivity index (χ2n) is 4.49. The van der Waals surface area contributed by atoms with Crippen molar-refractivity contribution in [3.05, 3.63) is 65.2 Å². The van der Waals surface area contributed by atoms with Crippen molar-refractivity contribution >= 4 is 5.78 Å². The standard InChI is InChI=1S/C16H16O2/c1-11-5-3-4-6-15(11)16(12(2)17)13-7-9-14(18)10-8-13/h3-10,16,18H,1-2H3. The average Bonchev–Trinajstić information content (AvgIpc) is 2.34. The zero-order chi connectivity index (χ0) is 13.1. The van der Waals surface area contributed by atoms with Gasteiger partial charge in [0.05, 0.1) is 5.92 Å². The molecule has 0 spiro atoms. The summed E-state index contributed by atoms with van der Waals surface area (Å²) < 4.78 is 0. The van der Waals surface area contributed by atoms with Gasteiger partial charge in [-0.2, -0.15) is 0 Å². The molecule has 1 atom stereocenters. The van der Waals surface area contributed by atoms with Gasteiger partial charge in [-0.3, -0.25) is 4.79 Å². The molecule has 0 radical (unpaired) electrons. The minimum atomic E-state index is -0.258. The van der Waals surface area contributed by atoms with Gasteiger partial charge in [0.15, 0.2) is 0 Å². The first-order valence-electron chi connectivity index (χ1n) is 5.94. The fraction of sp³-hybridized carbons (Fsp3) is 0.188. The molecule has 2 aromatic rings. The average molecular weight is 240 g/mol. The van der Waals surface area contributed by atoms with Crippen LogP contribution in [-0.2, 0) is 4.79 Å². The Morgan fingerprint density at radius 1 is 1.06 bits per heavy atom. The summed E-state index contributed by atoms with van der Waals surface area (Å²) in [5.41, 5.74) is 3.04. The van der Waals surface area contributed by atoms with Crippen LogP contribution in [0, 0.1) is 6.92 Å². The Morgan fingerprint density at radius 2 is 1.67 bits per heavy atom.